The van der Waals surface area contributed by atoms with Crippen LogP contribution >= 0.6 is 15.9 Å². The van der Waals surface area contributed by atoms with Gasteiger partial charge in [0, 0.05) is 0 Å². The molecular formula is C11H10BrNO3. The van der Waals surface area contributed by atoms with Crippen LogP contribution in [0.5, 0.6) is 5.75 Å². The Morgan fingerprint density at radius 2 is 2.25 bits per heavy atom. The second-order valence-corrected chi connectivity index (χ2v) is 3.89. The lowest BCUT2D eigenvalue weighted by Crippen LogP contribution is -2.25. The zero-order valence-corrected chi connectivity index (χ0v) is 10.4. The van der Waals surface area contributed by atoms with Crippen LogP contribution in [0, 0.1) is 11.3 Å². The summed E-state index contributed by atoms with van der Waals surface area (Å²) in [4.78, 5) is 11.2. The van der Waals surface area contributed by atoms with Crippen LogP contribution in [0.1, 0.15) is 12.5 Å². The summed E-state index contributed by atoms with van der Waals surface area (Å²) in [6, 6.07) is 6.90. The first-order valence-corrected chi connectivity index (χ1v) is 5.32. The fourth-order valence-electron chi connectivity index (χ4n) is 1.07. The summed E-state index contributed by atoms with van der Waals surface area (Å²) in [6.07, 6.45) is -0.713. The van der Waals surface area contributed by atoms with Crippen LogP contribution in [0.3, 0.4) is 0 Å². The van der Waals surface area contributed by atoms with E-state index in [0.29, 0.717) is 15.8 Å². The lowest BCUT2D eigenvalue weighted by atomic mass is 10.2. The minimum atomic E-state index is -0.713. The van der Waals surface area contributed by atoms with Gasteiger partial charge >= 0.3 is 5.97 Å². The third-order valence-corrected chi connectivity index (χ3v) is 2.55. The van der Waals surface area contributed by atoms with Crippen molar-refractivity contribution in [2.75, 3.05) is 7.11 Å². The number of methoxy groups -OCH3 is 1. The SMILES string of the molecule is COC(=O)C(C)Oc1cc(C#N)ccc1Br. The maximum absolute atomic E-state index is 11.2. The third kappa shape index (κ3) is 2.97. The van der Waals surface area contributed by atoms with Crippen LogP contribution in [0.2, 0.25) is 0 Å². The Bertz CT molecular complexity index is 439. The fraction of sp³-hybridized carbons (Fsp3) is 0.273. The first-order valence-electron chi connectivity index (χ1n) is 4.52. The van der Waals surface area contributed by atoms with E-state index in [0.717, 1.165) is 0 Å². The number of nitriles is 1. The van der Waals surface area contributed by atoms with Crippen LogP contribution in [0.25, 0.3) is 0 Å². The van der Waals surface area contributed by atoms with Gasteiger partial charge in [0.15, 0.2) is 6.10 Å². The summed E-state index contributed by atoms with van der Waals surface area (Å²) < 4.78 is 10.6. The highest BCUT2D eigenvalue weighted by Gasteiger charge is 2.16. The zero-order valence-electron chi connectivity index (χ0n) is 8.86. The van der Waals surface area contributed by atoms with Crippen molar-refractivity contribution in [3.05, 3.63) is 28.2 Å². The second-order valence-electron chi connectivity index (χ2n) is 3.04. The van der Waals surface area contributed by atoms with E-state index in [1.54, 1.807) is 25.1 Å². The summed E-state index contributed by atoms with van der Waals surface area (Å²) in [6.45, 7) is 1.58. The van der Waals surface area contributed by atoms with E-state index >= 15 is 0 Å². The number of carbonyl (C=O) groups is 1. The molecule has 0 fully saturated rings. The number of rotatable bonds is 3. The van der Waals surface area contributed by atoms with E-state index < -0.39 is 12.1 Å². The number of nitrogens with zero attached hydrogens (tertiary/aromatic N) is 1. The Kier molecular flexibility index (Phi) is 4.32. The molecule has 0 N–H and O–H groups in total. The molecule has 0 spiro atoms. The molecule has 1 rings (SSSR count). The van der Waals surface area contributed by atoms with Crippen LogP contribution in [0.4, 0.5) is 0 Å². The largest absolute Gasteiger partial charge is 0.478 e. The molecule has 5 heteroatoms. The maximum atomic E-state index is 11.2. The predicted octanol–water partition coefficient (Wildman–Crippen LogP) is 2.26. The highest BCUT2D eigenvalue weighted by atomic mass is 79.9. The summed E-state index contributed by atoms with van der Waals surface area (Å²) in [5, 5.41) is 8.73. The molecule has 0 aromatic heterocycles. The van der Waals surface area contributed by atoms with Crippen LogP contribution < -0.4 is 4.74 Å². The molecular weight excluding hydrogens is 274 g/mol. The van der Waals surface area contributed by atoms with Crippen molar-refractivity contribution in [1.29, 1.82) is 5.26 Å². The van der Waals surface area contributed by atoms with E-state index in [2.05, 4.69) is 20.7 Å². The van der Waals surface area contributed by atoms with Gasteiger partial charge in [-0.25, -0.2) is 4.79 Å². The zero-order chi connectivity index (χ0) is 12.1. The number of esters is 1. The summed E-state index contributed by atoms with van der Waals surface area (Å²) >= 11 is 3.27. The molecule has 0 radical (unpaired) electrons. The summed E-state index contributed by atoms with van der Waals surface area (Å²) in [5.74, 6) is -0.0220. The van der Waals surface area contributed by atoms with Crippen LogP contribution in [0.15, 0.2) is 22.7 Å². The van der Waals surface area contributed by atoms with Gasteiger partial charge in [0.1, 0.15) is 5.75 Å². The third-order valence-electron chi connectivity index (χ3n) is 1.90. The maximum Gasteiger partial charge on any atom is 0.346 e. The molecule has 0 heterocycles. The highest BCUT2D eigenvalue weighted by molar-refractivity contribution is 9.10. The van der Waals surface area contributed by atoms with Crippen molar-refractivity contribution in [3.8, 4) is 11.8 Å². The lowest BCUT2D eigenvalue weighted by Gasteiger charge is -2.13. The normalized spacial score (nSPS) is 11.4. The topological polar surface area (TPSA) is 59.3 Å². The van der Waals surface area contributed by atoms with E-state index in [9.17, 15) is 4.79 Å². The highest BCUT2D eigenvalue weighted by Crippen LogP contribution is 2.26. The number of benzene rings is 1. The van der Waals surface area contributed by atoms with Crippen LogP contribution in [-0.4, -0.2) is 19.2 Å². The van der Waals surface area contributed by atoms with Gasteiger partial charge in [-0.3, -0.25) is 0 Å². The molecule has 0 aliphatic heterocycles. The van der Waals surface area contributed by atoms with Gasteiger partial charge < -0.3 is 9.47 Å². The first-order chi connectivity index (χ1) is 7.58. The molecule has 84 valence electrons. The molecule has 0 amide bonds. The Hall–Kier alpha value is -1.54. The minimum absolute atomic E-state index is 0.442. The van der Waals surface area contributed by atoms with Gasteiger partial charge in [0.25, 0.3) is 0 Å². The smallest absolute Gasteiger partial charge is 0.346 e. The lowest BCUT2D eigenvalue weighted by molar-refractivity contribution is -0.147. The van der Waals surface area contributed by atoms with Crippen molar-refractivity contribution in [2.24, 2.45) is 0 Å². The standard InChI is InChI=1S/C11H10BrNO3/c1-7(11(14)15-2)16-10-5-8(6-13)3-4-9(10)12/h3-5,7H,1-2H3. The van der Waals surface area contributed by atoms with E-state index in [1.165, 1.54) is 7.11 Å². The summed E-state index contributed by atoms with van der Waals surface area (Å²) in [5.41, 5.74) is 0.468. The minimum Gasteiger partial charge on any atom is -0.478 e. The van der Waals surface area contributed by atoms with Gasteiger partial charge in [0.05, 0.1) is 23.2 Å². The second kappa shape index (κ2) is 5.52. The molecule has 4 nitrogen and oxygen atoms in total. The molecule has 0 saturated heterocycles. The van der Waals surface area contributed by atoms with Crippen molar-refractivity contribution >= 4 is 21.9 Å². The van der Waals surface area contributed by atoms with Gasteiger partial charge in [-0.15, -0.1) is 0 Å². The average molecular weight is 284 g/mol. The average Bonchev–Trinajstić information content (AvgIpc) is 2.30. The molecule has 0 aliphatic carbocycles. The molecule has 16 heavy (non-hydrogen) atoms. The van der Waals surface area contributed by atoms with E-state index in [1.807, 2.05) is 6.07 Å². The quantitative estimate of drug-likeness (QED) is 0.799. The number of halogens is 1. The van der Waals surface area contributed by atoms with E-state index in [-0.39, 0.29) is 0 Å². The molecule has 0 saturated carbocycles. The van der Waals surface area contributed by atoms with Gasteiger partial charge in [-0.05, 0) is 41.1 Å². The van der Waals surface area contributed by atoms with Crippen LogP contribution in [-0.2, 0) is 9.53 Å². The van der Waals surface area contributed by atoms with Crippen molar-refractivity contribution < 1.29 is 14.3 Å². The monoisotopic (exact) mass is 283 g/mol. The predicted molar refractivity (Wildman–Crippen MR) is 61.0 cm³/mol. The molecule has 1 unspecified atom stereocenters. The molecule has 0 aliphatic rings. The molecule has 1 aromatic rings. The number of hydrogen-bond acceptors (Lipinski definition) is 4. The molecule has 0 bridgehead atoms. The number of hydrogen-bond donors (Lipinski definition) is 0. The van der Waals surface area contributed by atoms with E-state index in [4.69, 9.17) is 10.00 Å². The van der Waals surface area contributed by atoms with Gasteiger partial charge in [-0.2, -0.15) is 5.26 Å². The molecule has 1 atom stereocenters. The van der Waals surface area contributed by atoms with Gasteiger partial charge in [-0.1, -0.05) is 0 Å². The molecule has 1 aromatic carbocycles. The first kappa shape index (κ1) is 12.5. The fourth-order valence-corrected chi connectivity index (χ4v) is 1.41. The van der Waals surface area contributed by atoms with Crippen molar-refractivity contribution in [1.82, 2.24) is 0 Å². The van der Waals surface area contributed by atoms with Crippen molar-refractivity contribution in [3.63, 3.8) is 0 Å². The number of carbonyl (C=O) groups excluding carboxylic acids is 1. The van der Waals surface area contributed by atoms with Crippen molar-refractivity contribution in [2.45, 2.75) is 13.0 Å². The summed E-state index contributed by atoms with van der Waals surface area (Å²) in [7, 11) is 1.29. The Labute approximate surface area is 102 Å². The Balaban J connectivity index is 2.88. The Morgan fingerprint density at radius 3 is 2.81 bits per heavy atom. The Morgan fingerprint density at radius 1 is 1.56 bits per heavy atom. The number of ether oxygens (including phenoxy) is 2. The van der Waals surface area contributed by atoms with Gasteiger partial charge in [0.2, 0.25) is 0 Å².